The molecule has 0 saturated carbocycles. The first-order chi connectivity index (χ1) is 14.2. The van der Waals surface area contributed by atoms with Crippen molar-refractivity contribution in [3.8, 4) is 22.6 Å². The lowest BCUT2D eigenvalue weighted by molar-refractivity contribution is 0.397. The summed E-state index contributed by atoms with van der Waals surface area (Å²) >= 11 is 0. The van der Waals surface area contributed by atoms with Gasteiger partial charge >= 0.3 is 0 Å². The molecule has 7 heteroatoms. The number of fused-ring (bicyclic) bond motifs is 1. The van der Waals surface area contributed by atoms with E-state index in [1.54, 1.807) is 18.7 Å². The van der Waals surface area contributed by atoms with Crippen molar-refractivity contribution in [2.24, 2.45) is 0 Å². The molecule has 0 fully saturated rings. The Bertz CT molecular complexity index is 1140. The fraction of sp³-hybridized carbons (Fsp3) is 0.227. The average Bonchev–Trinajstić information content (AvgIpc) is 3.22. The number of benzene rings is 2. The number of nitrogens with one attached hydrogen (secondary N) is 1. The van der Waals surface area contributed by atoms with Gasteiger partial charge in [-0.05, 0) is 47.2 Å². The molecule has 4 rings (SSSR count). The maximum absolute atomic E-state index is 5.46. The highest BCUT2D eigenvalue weighted by Crippen LogP contribution is 2.25. The molecule has 7 nitrogen and oxygen atoms in total. The Kier molecular flexibility index (Phi) is 5.39. The highest BCUT2D eigenvalue weighted by molar-refractivity contribution is 5.67. The minimum Gasteiger partial charge on any atom is -0.497 e. The van der Waals surface area contributed by atoms with Crippen molar-refractivity contribution >= 4 is 5.65 Å². The van der Waals surface area contributed by atoms with E-state index >= 15 is 0 Å². The second-order valence-corrected chi connectivity index (χ2v) is 6.85. The Balaban J connectivity index is 1.59. The molecule has 29 heavy (non-hydrogen) atoms. The SMILES string of the molecule is COc1ccc(OC)c(CNCc2cc(-c3cccc(C)c3)cn3nnnc23)c1. The van der Waals surface area contributed by atoms with Crippen molar-refractivity contribution < 1.29 is 9.47 Å². The summed E-state index contributed by atoms with van der Waals surface area (Å²) in [4.78, 5) is 0. The summed E-state index contributed by atoms with van der Waals surface area (Å²) in [6.45, 7) is 3.33. The summed E-state index contributed by atoms with van der Waals surface area (Å²) in [7, 11) is 3.33. The molecular formula is C22H23N5O2. The smallest absolute Gasteiger partial charge is 0.183 e. The molecule has 0 saturated heterocycles. The van der Waals surface area contributed by atoms with Gasteiger partial charge in [0.25, 0.3) is 0 Å². The van der Waals surface area contributed by atoms with E-state index in [0.29, 0.717) is 13.1 Å². The molecule has 0 amide bonds. The van der Waals surface area contributed by atoms with E-state index in [0.717, 1.165) is 39.4 Å². The van der Waals surface area contributed by atoms with Crippen LogP contribution in [0.4, 0.5) is 0 Å². The lowest BCUT2D eigenvalue weighted by Crippen LogP contribution is -2.14. The number of rotatable bonds is 7. The maximum atomic E-state index is 5.46. The highest BCUT2D eigenvalue weighted by atomic mass is 16.5. The zero-order valence-electron chi connectivity index (χ0n) is 16.7. The van der Waals surface area contributed by atoms with Crippen molar-refractivity contribution in [1.29, 1.82) is 0 Å². The largest absolute Gasteiger partial charge is 0.497 e. The van der Waals surface area contributed by atoms with E-state index in [2.05, 4.69) is 58.1 Å². The summed E-state index contributed by atoms with van der Waals surface area (Å²) < 4.78 is 12.5. The van der Waals surface area contributed by atoms with Crippen LogP contribution in [0.25, 0.3) is 16.8 Å². The predicted octanol–water partition coefficient (Wildman–Crippen LogP) is 3.41. The fourth-order valence-corrected chi connectivity index (χ4v) is 3.38. The van der Waals surface area contributed by atoms with Crippen LogP contribution >= 0.6 is 0 Å². The van der Waals surface area contributed by atoms with Crippen molar-refractivity contribution in [1.82, 2.24) is 25.4 Å². The van der Waals surface area contributed by atoms with Crippen molar-refractivity contribution in [3.63, 3.8) is 0 Å². The van der Waals surface area contributed by atoms with Gasteiger partial charge in [-0.25, -0.2) is 0 Å². The number of hydrogen-bond acceptors (Lipinski definition) is 6. The molecule has 0 bridgehead atoms. The number of aryl methyl sites for hydroxylation is 1. The van der Waals surface area contributed by atoms with Crippen LogP contribution in [-0.4, -0.2) is 34.3 Å². The van der Waals surface area contributed by atoms with Gasteiger partial charge in [0.05, 0.1) is 14.2 Å². The summed E-state index contributed by atoms with van der Waals surface area (Å²) in [6, 6.07) is 16.3. The predicted molar refractivity (Wildman–Crippen MR) is 111 cm³/mol. The molecule has 2 aromatic heterocycles. The number of nitrogens with zero attached hydrogens (tertiary/aromatic N) is 4. The van der Waals surface area contributed by atoms with E-state index in [1.165, 1.54) is 5.56 Å². The molecular weight excluding hydrogens is 366 g/mol. The molecule has 0 aliphatic rings. The van der Waals surface area contributed by atoms with Gasteiger partial charge in [0, 0.05) is 36.0 Å². The fourth-order valence-electron chi connectivity index (χ4n) is 3.38. The molecule has 0 spiro atoms. The van der Waals surface area contributed by atoms with Gasteiger partial charge in [-0.3, -0.25) is 0 Å². The number of hydrogen-bond donors (Lipinski definition) is 1. The molecule has 148 valence electrons. The van der Waals surface area contributed by atoms with Gasteiger partial charge in [-0.2, -0.15) is 4.52 Å². The van der Waals surface area contributed by atoms with E-state index in [1.807, 2.05) is 24.4 Å². The van der Waals surface area contributed by atoms with E-state index in [-0.39, 0.29) is 0 Å². The van der Waals surface area contributed by atoms with Crippen molar-refractivity contribution in [2.45, 2.75) is 20.0 Å². The number of tetrazole rings is 1. The van der Waals surface area contributed by atoms with Crippen molar-refractivity contribution in [3.05, 3.63) is 71.4 Å². The Morgan fingerprint density at radius 3 is 2.59 bits per heavy atom. The molecule has 2 aromatic carbocycles. The summed E-state index contributed by atoms with van der Waals surface area (Å²) in [5.41, 5.74) is 6.21. The normalized spacial score (nSPS) is 11.0. The molecule has 0 radical (unpaired) electrons. The molecule has 0 aliphatic heterocycles. The summed E-state index contributed by atoms with van der Waals surface area (Å²) in [5.74, 6) is 1.62. The minimum absolute atomic E-state index is 0.615. The van der Waals surface area contributed by atoms with Gasteiger partial charge in [-0.15, -0.1) is 5.10 Å². The van der Waals surface area contributed by atoms with E-state index in [9.17, 15) is 0 Å². The molecule has 0 atom stereocenters. The maximum Gasteiger partial charge on any atom is 0.183 e. The van der Waals surface area contributed by atoms with Gasteiger partial charge < -0.3 is 14.8 Å². The molecule has 0 unspecified atom stereocenters. The summed E-state index contributed by atoms with van der Waals surface area (Å²) in [5, 5.41) is 15.6. The first kappa shape index (κ1) is 18.9. The zero-order chi connectivity index (χ0) is 20.2. The standard InChI is InChI=1S/C22H23N5O2/c1-15-5-4-6-16(9-15)19-10-18(22-24-25-26-27(22)14-19)13-23-12-17-11-20(28-2)7-8-21(17)29-3/h4-11,14,23H,12-13H2,1-3H3. The van der Waals surface area contributed by atoms with Crippen molar-refractivity contribution in [2.75, 3.05) is 14.2 Å². The van der Waals surface area contributed by atoms with Gasteiger partial charge in [0.15, 0.2) is 5.65 Å². The second kappa shape index (κ2) is 8.28. The highest BCUT2D eigenvalue weighted by Gasteiger charge is 2.10. The van der Waals surface area contributed by atoms with Crippen LogP contribution in [0.3, 0.4) is 0 Å². The third-order valence-electron chi connectivity index (χ3n) is 4.84. The number of methoxy groups -OCH3 is 2. The Morgan fingerprint density at radius 1 is 0.931 bits per heavy atom. The van der Waals surface area contributed by atoms with Crippen LogP contribution < -0.4 is 14.8 Å². The molecule has 2 heterocycles. The Morgan fingerprint density at radius 2 is 1.79 bits per heavy atom. The Hall–Kier alpha value is -3.45. The number of aromatic nitrogens is 4. The zero-order valence-corrected chi connectivity index (χ0v) is 16.7. The molecule has 4 aromatic rings. The number of pyridine rings is 1. The van der Waals surface area contributed by atoms with Gasteiger partial charge in [-0.1, -0.05) is 29.8 Å². The van der Waals surface area contributed by atoms with Crippen LogP contribution in [0.2, 0.25) is 0 Å². The first-order valence-electron chi connectivity index (χ1n) is 9.37. The van der Waals surface area contributed by atoms with Gasteiger partial charge in [0.1, 0.15) is 11.5 Å². The van der Waals surface area contributed by atoms with Crippen LogP contribution in [0.1, 0.15) is 16.7 Å². The lowest BCUT2D eigenvalue weighted by atomic mass is 10.0. The van der Waals surface area contributed by atoms with Crippen LogP contribution in [0, 0.1) is 6.92 Å². The second-order valence-electron chi connectivity index (χ2n) is 6.85. The topological polar surface area (TPSA) is 73.6 Å². The van der Waals surface area contributed by atoms with Crippen LogP contribution in [-0.2, 0) is 13.1 Å². The van der Waals surface area contributed by atoms with Gasteiger partial charge in [0.2, 0.25) is 0 Å². The minimum atomic E-state index is 0.615. The van der Waals surface area contributed by atoms with E-state index in [4.69, 9.17) is 9.47 Å². The molecule has 0 aliphatic carbocycles. The quantitative estimate of drug-likeness (QED) is 0.522. The monoisotopic (exact) mass is 389 g/mol. The van der Waals surface area contributed by atoms with Crippen LogP contribution in [0.15, 0.2) is 54.7 Å². The van der Waals surface area contributed by atoms with Crippen LogP contribution in [0.5, 0.6) is 11.5 Å². The number of ether oxygens (including phenoxy) is 2. The third-order valence-corrected chi connectivity index (χ3v) is 4.84. The van der Waals surface area contributed by atoms with E-state index < -0.39 is 0 Å². The molecule has 1 N–H and O–H groups in total. The average molecular weight is 389 g/mol. The summed E-state index contributed by atoms with van der Waals surface area (Å²) in [6.07, 6.45) is 1.96. The Labute approximate surface area is 169 Å². The third kappa shape index (κ3) is 4.05. The lowest BCUT2D eigenvalue weighted by Gasteiger charge is -2.12. The first-order valence-corrected chi connectivity index (χ1v) is 9.37.